The highest BCUT2D eigenvalue weighted by Crippen LogP contribution is 2.25. The van der Waals surface area contributed by atoms with Crippen molar-refractivity contribution in [3.8, 4) is 5.75 Å². The van der Waals surface area contributed by atoms with E-state index in [0.29, 0.717) is 11.3 Å². The van der Waals surface area contributed by atoms with Crippen molar-refractivity contribution in [1.29, 1.82) is 0 Å². The molecule has 166 valence electrons. The monoisotopic (exact) mass is 440 g/mol. The van der Waals surface area contributed by atoms with Crippen molar-refractivity contribution in [2.24, 2.45) is 0 Å². The molecule has 0 bridgehead atoms. The molecule has 1 heterocycles. The molecule has 3 aromatic carbocycles. The molecule has 1 aromatic heterocycles. The predicted octanol–water partition coefficient (Wildman–Crippen LogP) is 5.37. The Morgan fingerprint density at radius 3 is 2.24 bits per heavy atom. The van der Waals surface area contributed by atoms with Gasteiger partial charge in [-0.05, 0) is 60.0 Å². The molecule has 4 rings (SSSR count). The number of benzene rings is 3. The lowest BCUT2D eigenvalue weighted by atomic mass is 9.98. The number of carbonyl (C=O) groups excluding carboxylic acids is 2. The largest absolute Gasteiger partial charge is 0.497 e. The highest BCUT2D eigenvalue weighted by Gasteiger charge is 2.19. The van der Waals surface area contributed by atoms with Crippen molar-refractivity contribution in [2.45, 2.75) is 13.0 Å². The van der Waals surface area contributed by atoms with Gasteiger partial charge in [-0.2, -0.15) is 0 Å². The van der Waals surface area contributed by atoms with E-state index in [-0.39, 0.29) is 23.6 Å². The van der Waals surface area contributed by atoms with Crippen LogP contribution in [0, 0.1) is 6.92 Å². The quantitative estimate of drug-likeness (QED) is 0.405. The summed E-state index contributed by atoms with van der Waals surface area (Å²) in [5, 5.41) is 5.93. The van der Waals surface area contributed by atoms with E-state index in [0.717, 1.165) is 22.4 Å². The molecule has 6 nitrogen and oxygen atoms in total. The molecule has 0 radical (unpaired) electrons. The third-order valence-corrected chi connectivity index (χ3v) is 5.35. The van der Waals surface area contributed by atoms with Gasteiger partial charge in [-0.25, -0.2) is 0 Å². The highest BCUT2D eigenvalue weighted by molar-refractivity contribution is 6.04. The summed E-state index contributed by atoms with van der Waals surface area (Å²) >= 11 is 0. The number of amides is 2. The van der Waals surface area contributed by atoms with Crippen LogP contribution in [0.3, 0.4) is 0 Å². The normalized spacial score (nSPS) is 11.5. The van der Waals surface area contributed by atoms with Gasteiger partial charge in [-0.3, -0.25) is 9.59 Å². The molecule has 2 N–H and O–H groups in total. The Hall–Kier alpha value is -4.32. The molecule has 33 heavy (non-hydrogen) atoms. The van der Waals surface area contributed by atoms with E-state index in [2.05, 4.69) is 10.6 Å². The Labute approximate surface area is 192 Å². The zero-order chi connectivity index (χ0) is 23.2. The summed E-state index contributed by atoms with van der Waals surface area (Å²) in [6.07, 6.45) is 1.44. The van der Waals surface area contributed by atoms with Gasteiger partial charge in [0.2, 0.25) is 0 Å². The van der Waals surface area contributed by atoms with Crippen LogP contribution in [0.1, 0.15) is 43.6 Å². The van der Waals surface area contributed by atoms with Gasteiger partial charge >= 0.3 is 0 Å². The Bertz CT molecular complexity index is 1230. The number of rotatable bonds is 7. The number of furan rings is 1. The zero-order valence-corrected chi connectivity index (χ0v) is 18.4. The topological polar surface area (TPSA) is 80.6 Å². The minimum atomic E-state index is -0.374. The fraction of sp³-hybridized carbons (Fsp3) is 0.111. The van der Waals surface area contributed by atoms with Crippen LogP contribution in [0.25, 0.3) is 0 Å². The van der Waals surface area contributed by atoms with Crippen LogP contribution in [-0.2, 0) is 0 Å². The van der Waals surface area contributed by atoms with Gasteiger partial charge < -0.3 is 19.8 Å². The van der Waals surface area contributed by atoms with Crippen LogP contribution >= 0.6 is 0 Å². The first-order chi connectivity index (χ1) is 16.0. The average molecular weight is 440 g/mol. The van der Waals surface area contributed by atoms with Crippen molar-refractivity contribution < 1.29 is 18.7 Å². The first-order valence-electron chi connectivity index (χ1n) is 10.5. The Morgan fingerprint density at radius 2 is 1.58 bits per heavy atom. The Balaban J connectivity index is 1.59. The van der Waals surface area contributed by atoms with Crippen molar-refractivity contribution >= 4 is 17.5 Å². The van der Waals surface area contributed by atoms with Gasteiger partial charge in [0, 0.05) is 11.3 Å². The molecule has 0 aliphatic heterocycles. The first-order valence-corrected chi connectivity index (χ1v) is 10.5. The molecule has 0 fully saturated rings. The van der Waals surface area contributed by atoms with Crippen LogP contribution < -0.4 is 15.4 Å². The number of ether oxygens (including phenoxy) is 1. The Kier molecular flexibility index (Phi) is 6.55. The molecule has 6 heteroatoms. The van der Waals surface area contributed by atoms with E-state index < -0.39 is 0 Å². The number of carbonyl (C=O) groups is 2. The maximum atomic E-state index is 13.2. The molecular formula is C27H24N2O4. The van der Waals surface area contributed by atoms with Gasteiger partial charge in [0.05, 0.1) is 19.4 Å². The van der Waals surface area contributed by atoms with E-state index in [1.54, 1.807) is 37.4 Å². The van der Waals surface area contributed by atoms with Crippen molar-refractivity contribution in [3.63, 3.8) is 0 Å². The third kappa shape index (κ3) is 5.13. The van der Waals surface area contributed by atoms with E-state index in [1.165, 1.54) is 6.26 Å². The van der Waals surface area contributed by atoms with Gasteiger partial charge in [0.15, 0.2) is 5.76 Å². The summed E-state index contributed by atoms with van der Waals surface area (Å²) in [6, 6.07) is 25.4. The molecule has 0 unspecified atom stereocenters. The van der Waals surface area contributed by atoms with Crippen molar-refractivity contribution in [1.82, 2.24) is 5.32 Å². The van der Waals surface area contributed by atoms with E-state index in [1.807, 2.05) is 61.5 Å². The molecule has 0 aliphatic carbocycles. The summed E-state index contributed by atoms with van der Waals surface area (Å²) in [7, 11) is 1.62. The van der Waals surface area contributed by atoms with Gasteiger partial charge in [0.25, 0.3) is 11.8 Å². The molecule has 2 amide bonds. The van der Waals surface area contributed by atoms with Gasteiger partial charge in [0.1, 0.15) is 5.75 Å². The maximum Gasteiger partial charge on any atom is 0.291 e. The number of nitrogens with one attached hydrogen (secondary N) is 2. The highest BCUT2D eigenvalue weighted by atomic mass is 16.5. The van der Waals surface area contributed by atoms with Crippen LogP contribution in [0.5, 0.6) is 5.75 Å². The lowest BCUT2D eigenvalue weighted by Gasteiger charge is -2.21. The van der Waals surface area contributed by atoms with Crippen LogP contribution in [0.15, 0.2) is 95.6 Å². The SMILES string of the molecule is COc1ccc([C@@H](NC(=O)c2ccc(C)c(NC(=O)c3ccco3)c2)c2ccccc2)cc1. The number of anilines is 1. The second-order valence-electron chi connectivity index (χ2n) is 7.55. The fourth-order valence-corrected chi connectivity index (χ4v) is 3.50. The molecular weight excluding hydrogens is 416 g/mol. The molecule has 4 aromatic rings. The minimum Gasteiger partial charge on any atom is -0.497 e. The number of methoxy groups -OCH3 is 1. The summed E-state index contributed by atoms with van der Waals surface area (Å²) < 4.78 is 10.4. The zero-order valence-electron chi connectivity index (χ0n) is 18.4. The molecule has 0 saturated heterocycles. The molecule has 0 aliphatic rings. The second kappa shape index (κ2) is 9.87. The maximum absolute atomic E-state index is 13.2. The summed E-state index contributed by atoms with van der Waals surface area (Å²) in [5.74, 6) is 0.314. The average Bonchev–Trinajstić information content (AvgIpc) is 3.40. The van der Waals surface area contributed by atoms with Crippen LogP contribution in [0.4, 0.5) is 5.69 Å². The molecule has 1 atom stereocenters. The lowest BCUT2D eigenvalue weighted by molar-refractivity contribution is 0.0941. The fourth-order valence-electron chi connectivity index (χ4n) is 3.50. The minimum absolute atomic E-state index is 0.202. The third-order valence-electron chi connectivity index (χ3n) is 5.35. The van der Waals surface area contributed by atoms with Crippen molar-refractivity contribution in [2.75, 3.05) is 12.4 Å². The Morgan fingerprint density at radius 1 is 0.848 bits per heavy atom. The van der Waals surface area contributed by atoms with E-state index in [4.69, 9.17) is 9.15 Å². The first kappa shape index (κ1) is 21.9. The van der Waals surface area contributed by atoms with Gasteiger partial charge in [-0.15, -0.1) is 0 Å². The summed E-state index contributed by atoms with van der Waals surface area (Å²) in [6.45, 7) is 1.86. The van der Waals surface area contributed by atoms with Crippen molar-refractivity contribution in [3.05, 3.63) is 119 Å². The standard InChI is InChI=1S/C27H24N2O4/c1-18-10-11-21(17-23(18)28-27(31)24-9-6-16-33-24)26(30)29-25(19-7-4-3-5-8-19)20-12-14-22(32-2)15-13-20/h3-17,25H,1-2H3,(H,28,31)(H,29,30)/t25-/m0/s1. The predicted molar refractivity (Wildman–Crippen MR) is 127 cm³/mol. The summed E-state index contributed by atoms with van der Waals surface area (Å²) in [4.78, 5) is 25.6. The van der Waals surface area contributed by atoms with Crippen LogP contribution in [0.2, 0.25) is 0 Å². The second-order valence-corrected chi connectivity index (χ2v) is 7.55. The summed E-state index contributed by atoms with van der Waals surface area (Å²) in [5.41, 5.74) is 3.69. The number of aryl methyl sites for hydroxylation is 1. The van der Waals surface area contributed by atoms with E-state index >= 15 is 0 Å². The molecule has 0 saturated carbocycles. The van der Waals surface area contributed by atoms with Gasteiger partial charge in [-0.1, -0.05) is 48.5 Å². The van der Waals surface area contributed by atoms with E-state index in [9.17, 15) is 9.59 Å². The smallest absolute Gasteiger partial charge is 0.291 e. The molecule has 0 spiro atoms. The van der Waals surface area contributed by atoms with Crippen LogP contribution in [-0.4, -0.2) is 18.9 Å². The number of hydrogen-bond donors (Lipinski definition) is 2. The lowest BCUT2D eigenvalue weighted by Crippen LogP contribution is -2.29. The number of hydrogen-bond acceptors (Lipinski definition) is 4.